The van der Waals surface area contributed by atoms with Crippen LogP contribution in [0.1, 0.15) is 25.8 Å². The zero-order valence-corrected chi connectivity index (χ0v) is 11.7. The summed E-state index contributed by atoms with van der Waals surface area (Å²) in [6.45, 7) is 6.10. The highest BCUT2D eigenvalue weighted by atomic mass is 15.1. The zero-order chi connectivity index (χ0) is 15.0. The summed E-state index contributed by atoms with van der Waals surface area (Å²) in [6.07, 6.45) is 1.06. The molecule has 0 bridgehead atoms. The lowest BCUT2D eigenvalue weighted by Gasteiger charge is -2.22. The van der Waals surface area contributed by atoms with Gasteiger partial charge in [-0.05, 0) is 31.0 Å². The second-order valence-corrected chi connectivity index (χ2v) is 4.21. The smallest absolute Gasteiger partial charge is 0.148 e. The van der Waals surface area contributed by atoms with E-state index in [-0.39, 0.29) is 11.1 Å². The third kappa shape index (κ3) is 3.37. The molecule has 0 aliphatic rings. The first-order valence-electron chi connectivity index (χ1n) is 6.51. The molecule has 0 saturated heterocycles. The molecule has 0 aliphatic carbocycles. The Morgan fingerprint density at radius 1 is 1.00 bits per heavy atom. The van der Waals surface area contributed by atoms with Crippen molar-refractivity contribution >= 4 is 11.3 Å². The van der Waals surface area contributed by atoms with Crippen LogP contribution >= 0.6 is 0 Å². The fraction of sp³-hybridized carbons (Fsp3) is 0.312. The molecule has 0 aliphatic heterocycles. The fourth-order valence-corrected chi connectivity index (χ4v) is 1.98. The third-order valence-electron chi connectivity index (χ3n) is 2.98. The summed E-state index contributed by atoms with van der Waals surface area (Å²) >= 11 is 0. The molecule has 0 atom stereocenters. The van der Waals surface area contributed by atoms with Crippen LogP contribution in [0.5, 0.6) is 0 Å². The van der Waals surface area contributed by atoms with E-state index >= 15 is 0 Å². The number of benzene rings is 1. The van der Waals surface area contributed by atoms with E-state index in [1.807, 2.05) is 18.2 Å². The number of nitrogens with zero attached hydrogens (tertiary/aromatic N) is 4. The van der Waals surface area contributed by atoms with Crippen molar-refractivity contribution in [1.82, 2.24) is 0 Å². The summed E-state index contributed by atoms with van der Waals surface area (Å²) in [5.41, 5.74) is 1.65. The summed E-state index contributed by atoms with van der Waals surface area (Å²) < 4.78 is 0. The Hall–Kier alpha value is -2.77. The predicted molar refractivity (Wildman–Crippen MR) is 78.4 cm³/mol. The molecule has 0 fully saturated rings. The molecule has 0 unspecified atom stereocenters. The molecule has 1 aromatic carbocycles. The molecule has 100 valence electrons. The van der Waals surface area contributed by atoms with Crippen LogP contribution in [0.15, 0.2) is 29.8 Å². The molecule has 0 heterocycles. The lowest BCUT2D eigenvalue weighted by atomic mass is 10.0. The van der Waals surface area contributed by atoms with Crippen LogP contribution in [0, 0.1) is 34.0 Å². The highest BCUT2D eigenvalue weighted by Gasteiger charge is 2.09. The first-order valence-corrected chi connectivity index (χ1v) is 6.51. The number of hydrogen-bond acceptors (Lipinski definition) is 4. The van der Waals surface area contributed by atoms with E-state index in [1.54, 1.807) is 24.3 Å². The Kier molecular flexibility index (Phi) is 5.82. The minimum Gasteiger partial charge on any atom is -0.372 e. The van der Waals surface area contributed by atoms with Crippen molar-refractivity contribution in [3.63, 3.8) is 0 Å². The van der Waals surface area contributed by atoms with Gasteiger partial charge in [0.25, 0.3) is 0 Å². The van der Waals surface area contributed by atoms with Gasteiger partial charge in [-0.2, -0.15) is 15.8 Å². The van der Waals surface area contributed by atoms with Gasteiger partial charge in [-0.15, -0.1) is 0 Å². The maximum Gasteiger partial charge on any atom is 0.148 e. The van der Waals surface area contributed by atoms with Gasteiger partial charge >= 0.3 is 0 Å². The van der Waals surface area contributed by atoms with Gasteiger partial charge in [0.05, 0.1) is 5.57 Å². The molecule has 0 N–H and O–H groups in total. The summed E-state index contributed by atoms with van der Waals surface area (Å²) in [6, 6.07) is 12.8. The van der Waals surface area contributed by atoms with Gasteiger partial charge in [0, 0.05) is 18.8 Å². The third-order valence-corrected chi connectivity index (χ3v) is 2.98. The molecule has 0 spiro atoms. The van der Waals surface area contributed by atoms with Gasteiger partial charge in [0.2, 0.25) is 0 Å². The largest absolute Gasteiger partial charge is 0.372 e. The zero-order valence-electron chi connectivity index (χ0n) is 11.7. The van der Waals surface area contributed by atoms with Crippen LogP contribution in [-0.4, -0.2) is 13.1 Å². The second-order valence-electron chi connectivity index (χ2n) is 4.21. The molecule has 0 radical (unpaired) electrons. The quantitative estimate of drug-likeness (QED) is 0.765. The van der Waals surface area contributed by atoms with E-state index in [1.165, 1.54) is 0 Å². The standard InChI is InChI=1S/C16H16N4/c1-3-9-20(4-2)15-7-5-13(6-8-15)16(12-19)14(10-17)11-18/h5-8H,3-4,9H2,1-2H3. The average Bonchev–Trinajstić information content (AvgIpc) is 2.50. The van der Waals surface area contributed by atoms with Crippen molar-refractivity contribution in [2.24, 2.45) is 0 Å². The summed E-state index contributed by atoms with van der Waals surface area (Å²) in [5, 5.41) is 26.8. The maximum atomic E-state index is 9.10. The first kappa shape index (κ1) is 15.3. The molecule has 20 heavy (non-hydrogen) atoms. The molecule has 0 aromatic heterocycles. The van der Waals surface area contributed by atoms with Crippen LogP contribution in [0.25, 0.3) is 5.57 Å². The molecule has 0 saturated carbocycles. The minimum absolute atomic E-state index is 0.125. The van der Waals surface area contributed by atoms with Crippen molar-refractivity contribution in [3.8, 4) is 18.2 Å². The number of anilines is 1. The fourth-order valence-electron chi connectivity index (χ4n) is 1.98. The van der Waals surface area contributed by atoms with E-state index in [9.17, 15) is 0 Å². The van der Waals surface area contributed by atoms with Gasteiger partial charge < -0.3 is 4.90 Å². The van der Waals surface area contributed by atoms with Crippen molar-refractivity contribution in [3.05, 3.63) is 35.4 Å². The van der Waals surface area contributed by atoms with Gasteiger partial charge in [0.1, 0.15) is 23.8 Å². The Balaban J connectivity index is 3.15. The number of rotatable bonds is 5. The van der Waals surface area contributed by atoms with Crippen molar-refractivity contribution in [2.75, 3.05) is 18.0 Å². The topological polar surface area (TPSA) is 74.6 Å². The van der Waals surface area contributed by atoms with Crippen LogP contribution in [0.3, 0.4) is 0 Å². The number of hydrogen-bond donors (Lipinski definition) is 0. The highest BCUT2D eigenvalue weighted by Crippen LogP contribution is 2.22. The van der Waals surface area contributed by atoms with E-state index in [4.69, 9.17) is 15.8 Å². The molecule has 4 heteroatoms. The molecule has 4 nitrogen and oxygen atoms in total. The Bertz CT molecular complexity index is 590. The lowest BCUT2D eigenvalue weighted by molar-refractivity contribution is 0.792. The van der Waals surface area contributed by atoms with Crippen LogP contribution in [0.4, 0.5) is 5.69 Å². The van der Waals surface area contributed by atoms with Crippen LogP contribution in [0.2, 0.25) is 0 Å². The summed E-state index contributed by atoms with van der Waals surface area (Å²) in [7, 11) is 0. The monoisotopic (exact) mass is 264 g/mol. The summed E-state index contributed by atoms with van der Waals surface area (Å²) in [5.74, 6) is 0. The first-order chi connectivity index (χ1) is 9.71. The average molecular weight is 264 g/mol. The van der Waals surface area contributed by atoms with E-state index in [0.717, 1.165) is 25.2 Å². The second kappa shape index (κ2) is 7.62. The Labute approximate surface area is 119 Å². The highest BCUT2D eigenvalue weighted by molar-refractivity contribution is 5.84. The normalized spacial score (nSPS) is 8.95. The van der Waals surface area contributed by atoms with E-state index < -0.39 is 0 Å². The number of allylic oxidation sites excluding steroid dienone is 2. The SMILES string of the molecule is CCCN(CC)c1ccc(C(C#N)=C(C#N)C#N)cc1. The molecular formula is C16H16N4. The van der Waals surface area contributed by atoms with E-state index in [2.05, 4.69) is 18.7 Å². The van der Waals surface area contributed by atoms with Crippen molar-refractivity contribution in [1.29, 1.82) is 15.8 Å². The van der Waals surface area contributed by atoms with Crippen molar-refractivity contribution in [2.45, 2.75) is 20.3 Å². The Morgan fingerprint density at radius 2 is 1.60 bits per heavy atom. The van der Waals surface area contributed by atoms with Crippen LogP contribution < -0.4 is 4.90 Å². The van der Waals surface area contributed by atoms with Gasteiger partial charge in [-0.1, -0.05) is 19.1 Å². The minimum atomic E-state index is -0.152. The van der Waals surface area contributed by atoms with Crippen molar-refractivity contribution < 1.29 is 0 Å². The molecule has 1 rings (SSSR count). The van der Waals surface area contributed by atoms with Gasteiger partial charge in [-0.3, -0.25) is 0 Å². The number of nitriles is 3. The molecule has 1 aromatic rings. The van der Waals surface area contributed by atoms with Crippen LogP contribution in [-0.2, 0) is 0 Å². The molecular weight excluding hydrogens is 248 g/mol. The summed E-state index contributed by atoms with van der Waals surface area (Å²) in [4.78, 5) is 2.23. The lowest BCUT2D eigenvalue weighted by Crippen LogP contribution is -2.23. The maximum absolute atomic E-state index is 9.10. The Morgan fingerprint density at radius 3 is 2.00 bits per heavy atom. The molecule has 0 amide bonds. The van der Waals surface area contributed by atoms with Gasteiger partial charge in [0.15, 0.2) is 0 Å². The predicted octanol–water partition coefficient (Wildman–Crippen LogP) is 3.25. The van der Waals surface area contributed by atoms with E-state index in [0.29, 0.717) is 5.56 Å². The van der Waals surface area contributed by atoms with Gasteiger partial charge in [-0.25, -0.2) is 0 Å².